The van der Waals surface area contributed by atoms with Gasteiger partial charge in [0.2, 0.25) is 17.8 Å². The first-order valence-corrected chi connectivity index (χ1v) is 11.9. The van der Waals surface area contributed by atoms with Crippen LogP contribution in [0.3, 0.4) is 0 Å². The number of carbonyl (C=O) groups is 1. The molecule has 1 saturated heterocycles. The van der Waals surface area contributed by atoms with Gasteiger partial charge < -0.3 is 15.5 Å². The number of halogens is 1. The monoisotopic (exact) mass is 464 g/mol. The standard InChI is InChI=1S/C24H29FN8O/c1-14(2)18-12-21(32-31-18)29-22-16-6-3-4-7-17(16)28-24(30-22)33-11-5-8-19(33)23(34)27-15-9-10-20(25)26-13-15/h9-10,12-14,19H,3-8,11H2,1-2H3,(H,27,34)(H2,28,29,30,31,32). The summed E-state index contributed by atoms with van der Waals surface area (Å²) in [7, 11) is 0. The number of aromatic amines is 1. The Morgan fingerprint density at radius 1 is 1.21 bits per heavy atom. The van der Waals surface area contributed by atoms with E-state index in [0.29, 0.717) is 30.5 Å². The number of hydrogen-bond acceptors (Lipinski definition) is 7. The van der Waals surface area contributed by atoms with Crippen LogP contribution >= 0.6 is 0 Å². The molecule has 0 radical (unpaired) electrons. The van der Waals surface area contributed by atoms with Gasteiger partial charge in [-0.25, -0.2) is 9.97 Å². The predicted molar refractivity (Wildman–Crippen MR) is 128 cm³/mol. The number of anilines is 4. The number of carbonyl (C=O) groups excluding carboxylic acids is 1. The zero-order valence-electron chi connectivity index (χ0n) is 19.4. The van der Waals surface area contributed by atoms with E-state index < -0.39 is 12.0 Å². The van der Waals surface area contributed by atoms with Crippen molar-refractivity contribution in [3.63, 3.8) is 0 Å². The summed E-state index contributed by atoms with van der Waals surface area (Å²) in [4.78, 5) is 28.4. The van der Waals surface area contributed by atoms with Crippen LogP contribution in [0.1, 0.15) is 62.4 Å². The molecule has 0 saturated carbocycles. The van der Waals surface area contributed by atoms with Gasteiger partial charge in [0.25, 0.3) is 0 Å². The molecule has 10 heteroatoms. The summed E-state index contributed by atoms with van der Waals surface area (Å²) in [5, 5.41) is 13.7. The molecule has 1 unspecified atom stereocenters. The van der Waals surface area contributed by atoms with E-state index in [9.17, 15) is 9.18 Å². The quantitative estimate of drug-likeness (QED) is 0.471. The van der Waals surface area contributed by atoms with Crippen LogP contribution in [-0.2, 0) is 17.6 Å². The predicted octanol–water partition coefficient (Wildman–Crippen LogP) is 4.09. The fourth-order valence-electron chi connectivity index (χ4n) is 4.58. The lowest BCUT2D eigenvalue weighted by molar-refractivity contribution is -0.117. The van der Waals surface area contributed by atoms with Crippen LogP contribution in [0.2, 0.25) is 0 Å². The average Bonchev–Trinajstić information content (AvgIpc) is 3.51. The molecule has 0 spiro atoms. The highest BCUT2D eigenvalue weighted by Gasteiger charge is 2.34. The van der Waals surface area contributed by atoms with Gasteiger partial charge in [0.05, 0.1) is 17.6 Å². The Labute approximate surface area is 197 Å². The van der Waals surface area contributed by atoms with Crippen molar-refractivity contribution in [3.05, 3.63) is 47.3 Å². The van der Waals surface area contributed by atoms with Gasteiger partial charge in [0.15, 0.2) is 5.82 Å². The number of amides is 1. The number of nitrogens with zero attached hydrogens (tertiary/aromatic N) is 5. The second kappa shape index (κ2) is 9.36. The van der Waals surface area contributed by atoms with Gasteiger partial charge in [-0.3, -0.25) is 9.89 Å². The summed E-state index contributed by atoms with van der Waals surface area (Å²) in [6.07, 6.45) is 6.87. The summed E-state index contributed by atoms with van der Waals surface area (Å²) in [5.41, 5.74) is 3.68. The Kier molecular flexibility index (Phi) is 6.12. The molecule has 1 amide bonds. The van der Waals surface area contributed by atoms with E-state index >= 15 is 0 Å². The number of rotatable bonds is 6. The van der Waals surface area contributed by atoms with Crippen LogP contribution in [0.4, 0.5) is 27.7 Å². The second-order valence-electron chi connectivity index (χ2n) is 9.20. The Hall–Kier alpha value is -3.56. The number of fused-ring (bicyclic) bond motifs is 1. The van der Waals surface area contributed by atoms with Crippen LogP contribution in [0.25, 0.3) is 0 Å². The van der Waals surface area contributed by atoms with Crippen molar-refractivity contribution in [1.29, 1.82) is 0 Å². The first-order chi connectivity index (χ1) is 16.5. The molecule has 1 fully saturated rings. The molecule has 34 heavy (non-hydrogen) atoms. The molecular formula is C24H29FN8O. The van der Waals surface area contributed by atoms with Crippen molar-refractivity contribution in [2.75, 3.05) is 22.1 Å². The maximum atomic E-state index is 13.1. The normalized spacial score (nSPS) is 17.6. The second-order valence-corrected chi connectivity index (χ2v) is 9.20. The minimum absolute atomic E-state index is 0.171. The molecule has 3 aromatic heterocycles. The highest BCUT2D eigenvalue weighted by atomic mass is 19.1. The molecule has 0 aromatic carbocycles. The molecule has 3 aromatic rings. The van der Waals surface area contributed by atoms with Crippen LogP contribution in [0.15, 0.2) is 24.4 Å². The lowest BCUT2D eigenvalue weighted by Gasteiger charge is -2.27. The first-order valence-electron chi connectivity index (χ1n) is 11.9. The highest BCUT2D eigenvalue weighted by Crippen LogP contribution is 2.32. The number of aromatic nitrogens is 5. The number of nitrogens with one attached hydrogen (secondary N) is 3. The number of aryl methyl sites for hydroxylation is 1. The van der Waals surface area contributed by atoms with Crippen molar-refractivity contribution >= 4 is 29.2 Å². The zero-order valence-corrected chi connectivity index (χ0v) is 19.4. The summed E-state index contributed by atoms with van der Waals surface area (Å²) >= 11 is 0. The van der Waals surface area contributed by atoms with E-state index in [4.69, 9.17) is 9.97 Å². The third-order valence-electron chi connectivity index (χ3n) is 6.44. The van der Waals surface area contributed by atoms with Crippen LogP contribution in [0.5, 0.6) is 0 Å². The Morgan fingerprint density at radius 3 is 2.82 bits per heavy atom. The molecule has 0 bridgehead atoms. The average molecular weight is 465 g/mol. The van der Waals surface area contributed by atoms with Gasteiger partial charge in [0.1, 0.15) is 11.9 Å². The van der Waals surface area contributed by atoms with Crippen molar-refractivity contribution in [2.24, 2.45) is 0 Å². The smallest absolute Gasteiger partial charge is 0.247 e. The lowest BCUT2D eigenvalue weighted by atomic mass is 9.96. The Bertz CT molecular complexity index is 1180. The fourth-order valence-corrected chi connectivity index (χ4v) is 4.58. The summed E-state index contributed by atoms with van der Waals surface area (Å²) < 4.78 is 13.1. The summed E-state index contributed by atoms with van der Waals surface area (Å²) in [6.45, 7) is 4.92. The molecule has 1 aliphatic heterocycles. The van der Waals surface area contributed by atoms with E-state index in [1.54, 1.807) is 0 Å². The van der Waals surface area contributed by atoms with Gasteiger partial charge in [0, 0.05) is 23.9 Å². The van der Waals surface area contributed by atoms with Crippen molar-refractivity contribution in [2.45, 2.75) is 64.3 Å². The largest absolute Gasteiger partial charge is 0.329 e. The summed E-state index contributed by atoms with van der Waals surface area (Å²) in [5.74, 6) is 1.63. The summed E-state index contributed by atoms with van der Waals surface area (Å²) in [6, 6.07) is 4.33. The topological polar surface area (TPSA) is 112 Å². The number of pyridine rings is 1. The van der Waals surface area contributed by atoms with E-state index in [1.165, 1.54) is 18.3 Å². The van der Waals surface area contributed by atoms with E-state index in [0.717, 1.165) is 60.7 Å². The molecule has 178 valence electrons. The maximum Gasteiger partial charge on any atom is 0.247 e. The first kappa shape index (κ1) is 22.2. The van der Waals surface area contributed by atoms with Crippen molar-refractivity contribution in [1.82, 2.24) is 25.1 Å². The van der Waals surface area contributed by atoms with Gasteiger partial charge >= 0.3 is 0 Å². The molecule has 9 nitrogen and oxygen atoms in total. The number of hydrogen-bond donors (Lipinski definition) is 3. The van der Waals surface area contributed by atoms with Gasteiger partial charge in [-0.15, -0.1) is 0 Å². The Balaban J connectivity index is 1.42. The third-order valence-corrected chi connectivity index (χ3v) is 6.44. The SMILES string of the molecule is CC(C)c1cc(Nc2nc(N3CCCC3C(=O)Nc3ccc(F)nc3)nc3c2CCCC3)n[nH]1. The van der Waals surface area contributed by atoms with Gasteiger partial charge in [-0.1, -0.05) is 13.8 Å². The molecular weight excluding hydrogens is 435 g/mol. The molecule has 3 N–H and O–H groups in total. The van der Waals surface area contributed by atoms with E-state index in [-0.39, 0.29) is 5.91 Å². The van der Waals surface area contributed by atoms with Crippen molar-refractivity contribution in [3.8, 4) is 0 Å². The van der Waals surface area contributed by atoms with Gasteiger partial charge in [-0.2, -0.15) is 14.5 Å². The van der Waals surface area contributed by atoms with Crippen molar-refractivity contribution < 1.29 is 9.18 Å². The van der Waals surface area contributed by atoms with E-state index in [2.05, 4.69) is 39.7 Å². The molecule has 1 aliphatic carbocycles. The lowest BCUT2D eigenvalue weighted by Crippen LogP contribution is -2.41. The third kappa shape index (κ3) is 4.57. The van der Waals surface area contributed by atoms with Crippen LogP contribution in [-0.4, -0.2) is 43.6 Å². The van der Waals surface area contributed by atoms with Crippen LogP contribution < -0.4 is 15.5 Å². The highest BCUT2D eigenvalue weighted by molar-refractivity contribution is 5.96. The minimum Gasteiger partial charge on any atom is -0.329 e. The molecule has 1 atom stereocenters. The molecule has 2 aliphatic rings. The zero-order chi connectivity index (χ0) is 23.7. The Morgan fingerprint density at radius 2 is 2.06 bits per heavy atom. The van der Waals surface area contributed by atoms with Gasteiger partial charge in [-0.05, 0) is 56.6 Å². The molecule has 4 heterocycles. The number of H-pyrrole nitrogens is 1. The van der Waals surface area contributed by atoms with E-state index in [1.807, 2.05) is 11.0 Å². The fraction of sp³-hybridized carbons (Fsp3) is 0.458. The van der Waals surface area contributed by atoms with Crippen LogP contribution in [0, 0.1) is 5.95 Å². The minimum atomic E-state index is -0.583. The molecule has 5 rings (SSSR count). The maximum absolute atomic E-state index is 13.1.